The largest absolute Gasteiger partial charge is 0.481 e. The second-order valence-electron chi connectivity index (χ2n) is 6.19. The Labute approximate surface area is 125 Å². The van der Waals surface area contributed by atoms with Gasteiger partial charge in [-0.15, -0.1) is 0 Å². The Kier molecular flexibility index (Phi) is 4.59. The number of nitrogens with zero attached hydrogens (tertiary/aromatic N) is 1. The summed E-state index contributed by atoms with van der Waals surface area (Å²) < 4.78 is 0. The average molecular weight is 296 g/mol. The fraction of sp³-hybridized carbons (Fsp3) is 0.562. The molecule has 1 N–H and O–H groups in total. The lowest BCUT2D eigenvalue weighted by Gasteiger charge is -2.32. The highest BCUT2D eigenvalue weighted by Gasteiger charge is 2.29. The molecule has 0 unspecified atom stereocenters. The van der Waals surface area contributed by atoms with Crippen molar-refractivity contribution in [2.75, 3.05) is 18.0 Å². The topological polar surface area (TPSA) is 40.5 Å². The highest BCUT2D eigenvalue weighted by Crippen LogP contribution is 2.32. The summed E-state index contributed by atoms with van der Waals surface area (Å²) in [4.78, 5) is 13.7. The van der Waals surface area contributed by atoms with Crippen LogP contribution in [0.2, 0.25) is 5.02 Å². The molecule has 3 nitrogen and oxygen atoms in total. The molecule has 1 aliphatic rings. The maximum atomic E-state index is 11.4. The van der Waals surface area contributed by atoms with Gasteiger partial charge in [0.15, 0.2) is 0 Å². The van der Waals surface area contributed by atoms with E-state index in [2.05, 4.69) is 4.90 Å². The lowest BCUT2D eigenvalue weighted by atomic mass is 9.85. The van der Waals surface area contributed by atoms with E-state index in [1.807, 2.05) is 18.2 Å². The molecule has 1 aromatic rings. The molecule has 1 aliphatic heterocycles. The van der Waals surface area contributed by atoms with Crippen LogP contribution >= 0.6 is 11.6 Å². The zero-order valence-corrected chi connectivity index (χ0v) is 12.9. The molecule has 0 saturated carbocycles. The fourth-order valence-electron chi connectivity index (χ4n) is 2.69. The van der Waals surface area contributed by atoms with Gasteiger partial charge in [-0.05, 0) is 63.3 Å². The van der Waals surface area contributed by atoms with E-state index in [0.29, 0.717) is 11.4 Å². The molecule has 1 heterocycles. The van der Waals surface area contributed by atoms with Gasteiger partial charge >= 0.3 is 5.97 Å². The molecule has 0 aromatic heterocycles. The van der Waals surface area contributed by atoms with E-state index in [9.17, 15) is 9.90 Å². The number of halogens is 1. The standard InChI is InChI=1S/C16H22ClNO2/c1-16(2,15(19)20)11-12-10-13(17)6-7-14(12)18-8-4-3-5-9-18/h6-7,10H,3-5,8-9,11H2,1-2H3,(H,19,20). The predicted molar refractivity (Wildman–Crippen MR) is 82.6 cm³/mol. The molecule has 110 valence electrons. The molecule has 0 bridgehead atoms. The lowest BCUT2D eigenvalue weighted by Crippen LogP contribution is -2.32. The smallest absolute Gasteiger partial charge is 0.309 e. The van der Waals surface area contributed by atoms with Crippen LogP contribution in [0.25, 0.3) is 0 Å². The Morgan fingerprint density at radius 2 is 1.95 bits per heavy atom. The van der Waals surface area contributed by atoms with Gasteiger partial charge in [-0.3, -0.25) is 4.79 Å². The molecule has 1 aromatic carbocycles. The first-order chi connectivity index (χ1) is 9.40. The molecule has 20 heavy (non-hydrogen) atoms. The minimum Gasteiger partial charge on any atom is -0.481 e. The third kappa shape index (κ3) is 3.45. The molecule has 4 heteroatoms. The van der Waals surface area contributed by atoms with Crippen LogP contribution in [-0.2, 0) is 11.2 Å². The Morgan fingerprint density at radius 1 is 1.30 bits per heavy atom. The van der Waals surface area contributed by atoms with E-state index < -0.39 is 11.4 Å². The van der Waals surface area contributed by atoms with Crippen LogP contribution in [-0.4, -0.2) is 24.2 Å². The molecular weight excluding hydrogens is 274 g/mol. The second-order valence-corrected chi connectivity index (χ2v) is 6.62. The van der Waals surface area contributed by atoms with Crippen LogP contribution in [0.1, 0.15) is 38.7 Å². The van der Waals surface area contributed by atoms with Crippen molar-refractivity contribution in [3.63, 3.8) is 0 Å². The zero-order chi connectivity index (χ0) is 14.8. The van der Waals surface area contributed by atoms with Gasteiger partial charge in [0.1, 0.15) is 0 Å². The Balaban J connectivity index is 2.30. The summed E-state index contributed by atoms with van der Waals surface area (Å²) >= 11 is 6.10. The first kappa shape index (κ1) is 15.2. The summed E-state index contributed by atoms with van der Waals surface area (Å²) in [6.07, 6.45) is 4.17. The van der Waals surface area contributed by atoms with E-state index in [-0.39, 0.29) is 0 Å². The number of piperidine rings is 1. The highest BCUT2D eigenvalue weighted by atomic mass is 35.5. The third-order valence-electron chi connectivity index (χ3n) is 3.95. The number of hydrogen-bond acceptors (Lipinski definition) is 2. The maximum Gasteiger partial charge on any atom is 0.309 e. The molecule has 2 rings (SSSR count). The van der Waals surface area contributed by atoms with Crippen molar-refractivity contribution >= 4 is 23.3 Å². The number of benzene rings is 1. The quantitative estimate of drug-likeness (QED) is 0.913. The first-order valence-electron chi connectivity index (χ1n) is 7.17. The maximum absolute atomic E-state index is 11.4. The summed E-state index contributed by atoms with van der Waals surface area (Å²) in [7, 11) is 0. The van der Waals surface area contributed by atoms with Crippen molar-refractivity contribution in [2.45, 2.75) is 39.5 Å². The second kappa shape index (κ2) is 6.04. The predicted octanol–water partition coefficient (Wildman–Crippen LogP) is 3.98. The molecule has 0 atom stereocenters. The van der Waals surface area contributed by atoms with Crippen LogP contribution in [0.15, 0.2) is 18.2 Å². The van der Waals surface area contributed by atoms with Gasteiger partial charge in [0, 0.05) is 23.8 Å². The van der Waals surface area contributed by atoms with Crippen molar-refractivity contribution < 1.29 is 9.90 Å². The number of aliphatic carboxylic acids is 1. The van der Waals surface area contributed by atoms with Crippen molar-refractivity contribution in [3.05, 3.63) is 28.8 Å². The molecule has 0 radical (unpaired) electrons. The van der Waals surface area contributed by atoms with Gasteiger partial charge in [-0.25, -0.2) is 0 Å². The average Bonchev–Trinajstić information content (AvgIpc) is 2.39. The Morgan fingerprint density at radius 3 is 2.55 bits per heavy atom. The molecular formula is C16H22ClNO2. The Bertz CT molecular complexity index is 493. The van der Waals surface area contributed by atoms with Crippen molar-refractivity contribution in [1.82, 2.24) is 0 Å². The van der Waals surface area contributed by atoms with E-state index >= 15 is 0 Å². The monoisotopic (exact) mass is 295 g/mol. The van der Waals surface area contributed by atoms with E-state index in [1.54, 1.807) is 13.8 Å². The van der Waals surface area contributed by atoms with E-state index in [1.165, 1.54) is 19.3 Å². The van der Waals surface area contributed by atoms with Crippen molar-refractivity contribution in [1.29, 1.82) is 0 Å². The highest BCUT2D eigenvalue weighted by molar-refractivity contribution is 6.30. The number of hydrogen-bond donors (Lipinski definition) is 1. The number of anilines is 1. The van der Waals surface area contributed by atoms with Gasteiger partial charge in [0.25, 0.3) is 0 Å². The normalized spacial score (nSPS) is 16.2. The molecule has 1 saturated heterocycles. The van der Waals surface area contributed by atoms with Gasteiger partial charge < -0.3 is 10.0 Å². The SMILES string of the molecule is CC(C)(Cc1cc(Cl)ccc1N1CCCCC1)C(=O)O. The Hall–Kier alpha value is -1.22. The number of carboxylic acid groups (broad SMARTS) is 1. The van der Waals surface area contributed by atoms with Crippen LogP contribution in [0.4, 0.5) is 5.69 Å². The third-order valence-corrected chi connectivity index (χ3v) is 4.18. The van der Waals surface area contributed by atoms with Gasteiger partial charge in [-0.2, -0.15) is 0 Å². The van der Waals surface area contributed by atoms with Crippen molar-refractivity contribution in [2.24, 2.45) is 5.41 Å². The van der Waals surface area contributed by atoms with Crippen LogP contribution < -0.4 is 4.90 Å². The first-order valence-corrected chi connectivity index (χ1v) is 7.55. The minimum absolute atomic E-state index is 0.495. The lowest BCUT2D eigenvalue weighted by molar-refractivity contribution is -0.146. The number of carboxylic acids is 1. The van der Waals surface area contributed by atoms with E-state index in [4.69, 9.17) is 11.6 Å². The fourth-order valence-corrected chi connectivity index (χ4v) is 2.89. The summed E-state index contributed by atoms with van der Waals surface area (Å²) in [5.74, 6) is -0.776. The van der Waals surface area contributed by atoms with Gasteiger partial charge in [-0.1, -0.05) is 11.6 Å². The van der Waals surface area contributed by atoms with Gasteiger partial charge in [0.2, 0.25) is 0 Å². The van der Waals surface area contributed by atoms with Crippen molar-refractivity contribution in [3.8, 4) is 0 Å². The molecule has 0 spiro atoms. The van der Waals surface area contributed by atoms with Crippen LogP contribution in [0.3, 0.4) is 0 Å². The summed E-state index contributed by atoms with van der Waals surface area (Å²) in [6.45, 7) is 5.61. The molecule has 0 amide bonds. The number of carbonyl (C=O) groups is 1. The molecule has 1 fully saturated rings. The summed E-state index contributed by atoms with van der Waals surface area (Å²) in [5.41, 5.74) is 1.39. The zero-order valence-electron chi connectivity index (χ0n) is 12.2. The minimum atomic E-state index is -0.783. The summed E-state index contributed by atoms with van der Waals surface area (Å²) in [5, 5.41) is 9.99. The summed E-state index contributed by atoms with van der Waals surface area (Å²) in [6, 6.07) is 5.83. The number of rotatable bonds is 4. The van der Waals surface area contributed by atoms with E-state index in [0.717, 1.165) is 24.3 Å². The van der Waals surface area contributed by atoms with Crippen LogP contribution in [0, 0.1) is 5.41 Å². The van der Waals surface area contributed by atoms with Crippen LogP contribution in [0.5, 0.6) is 0 Å². The van der Waals surface area contributed by atoms with Gasteiger partial charge in [0.05, 0.1) is 5.41 Å². The molecule has 0 aliphatic carbocycles.